The first-order chi connectivity index (χ1) is 21.9. The highest BCUT2D eigenvalue weighted by atomic mass is 19.3. The minimum atomic E-state index is -2.79. The third-order valence-electron chi connectivity index (χ3n) is 9.39. The maximum Gasteiger partial charge on any atom is 0.296 e. The number of unbranched alkanes of at least 4 members (excludes halogenated alkanes) is 1. The molecule has 3 aromatic rings. The highest BCUT2D eigenvalue weighted by molar-refractivity contribution is 5.78. The normalized spacial score (nSPS) is 24.2. The molecule has 0 atom stereocenters. The van der Waals surface area contributed by atoms with Gasteiger partial charge in [0.15, 0.2) is 5.82 Å². The summed E-state index contributed by atoms with van der Waals surface area (Å²) in [6.45, 7) is 2.23. The molecule has 45 heavy (non-hydrogen) atoms. The first-order valence-corrected chi connectivity index (χ1v) is 16.5. The summed E-state index contributed by atoms with van der Waals surface area (Å²) in [4.78, 5) is 28.2. The average Bonchev–Trinajstić information content (AvgIpc) is 3.46. The molecule has 0 bridgehead atoms. The van der Waals surface area contributed by atoms with Crippen LogP contribution in [0.5, 0.6) is 5.88 Å². The van der Waals surface area contributed by atoms with Crippen LogP contribution in [0.4, 0.5) is 14.7 Å². The molecule has 0 unspecified atom stereocenters. The largest absolute Gasteiger partial charge is 0.474 e. The zero-order valence-corrected chi connectivity index (χ0v) is 25.8. The zero-order chi connectivity index (χ0) is 31.2. The lowest BCUT2D eigenvalue weighted by atomic mass is 9.84. The molecular formula is C33H44F2N6O4. The van der Waals surface area contributed by atoms with Crippen molar-refractivity contribution in [3.63, 3.8) is 0 Å². The fourth-order valence-corrected chi connectivity index (χ4v) is 6.86. The van der Waals surface area contributed by atoms with Gasteiger partial charge in [0, 0.05) is 31.6 Å². The summed E-state index contributed by atoms with van der Waals surface area (Å²) in [7, 11) is 0. The lowest BCUT2D eigenvalue weighted by Crippen LogP contribution is -2.40. The number of alkyl halides is 2. The number of aromatic nitrogens is 4. The quantitative estimate of drug-likeness (QED) is 0.268. The Hall–Kier alpha value is -3.38. The molecule has 1 aromatic carbocycles. The molecule has 3 aliphatic rings. The number of nitrogens with zero attached hydrogens (tertiary/aromatic N) is 5. The van der Waals surface area contributed by atoms with E-state index < -0.39 is 6.43 Å². The molecule has 0 spiro atoms. The van der Waals surface area contributed by atoms with E-state index >= 15 is 0 Å². The summed E-state index contributed by atoms with van der Waals surface area (Å²) in [5, 5.41) is 12.9. The number of morpholine rings is 1. The molecular weight excluding hydrogens is 582 g/mol. The molecule has 6 rings (SSSR count). The van der Waals surface area contributed by atoms with Crippen LogP contribution in [-0.4, -0.2) is 75.1 Å². The van der Waals surface area contributed by atoms with Crippen LogP contribution in [0.15, 0.2) is 30.3 Å². The maximum atomic E-state index is 14.2. The maximum absolute atomic E-state index is 14.2. The van der Waals surface area contributed by atoms with Gasteiger partial charge in [-0.3, -0.25) is 9.36 Å². The number of ether oxygens (including phenoxy) is 2. The number of benzene rings is 1. The van der Waals surface area contributed by atoms with E-state index in [0.29, 0.717) is 61.5 Å². The van der Waals surface area contributed by atoms with E-state index in [1.165, 1.54) is 4.57 Å². The molecule has 2 N–H and O–H groups in total. The van der Waals surface area contributed by atoms with Crippen LogP contribution in [0.2, 0.25) is 0 Å². The Balaban J connectivity index is 1.07. The van der Waals surface area contributed by atoms with Crippen molar-refractivity contribution in [3.8, 4) is 11.7 Å². The van der Waals surface area contributed by atoms with Gasteiger partial charge in [0.05, 0.1) is 30.4 Å². The Morgan fingerprint density at radius 2 is 1.76 bits per heavy atom. The second-order valence-corrected chi connectivity index (χ2v) is 12.6. The van der Waals surface area contributed by atoms with E-state index in [0.717, 1.165) is 70.6 Å². The van der Waals surface area contributed by atoms with E-state index in [-0.39, 0.29) is 35.8 Å². The third-order valence-corrected chi connectivity index (χ3v) is 9.39. The van der Waals surface area contributed by atoms with E-state index in [4.69, 9.17) is 19.4 Å². The summed E-state index contributed by atoms with van der Waals surface area (Å²) in [5.41, 5.74) is 1.00. The molecule has 0 radical (unpaired) electrons. The number of aliphatic hydroxyl groups excluding tert-OH is 1. The topological polar surface area (TPSA) is 115 Å². The lowest BCUT2D eigenvalue weighted by Gasteiger charge is -2.30. The second kappa shape index (κ2) is 14.8. The van der Waals surface area contributed by atoms with Gasteiger partial charge in [-0.15, -0.1) is 0 Å². The summed E-state index contributed by atoms with van der Waals surface area (Å²) >= 11 is 0. The fraction of sp³-hybridized carbons (Fsp3) is 0.636. The molecule has 2 aliphatic carbocycles. The Bertz CT molecular complexity index is 1420. The molecule has 1 saturated heterocycles. The summed E-state index contributed by atoms with van der Waals surface area (Å²) in [6, 6.07) is 8.76. The molecule has 1 aliphatic heterocycles. The van der Waals surface area contributed by atoms with Crippen LogP contribution in [0.3, 0.4) is 0 Å². The molecule has 2 saturated carbocycles. The number of anilines is 1. The number of hydrogen-bond donors (Lipinski definition) is 2. The van der Waals surface area contributed by atoms with Gasteiger partial charge in [-0.05, 0) is 75.8 Å². The number of amides is 1. The average molecular weight is 627 g/mol. The smallest absolute Gasteiger partial charge is 0.296 e. The van der Waals surface area contributed by atoms with Crippen molar-refractivity contribution in [3.05, 3.63) is 36.2 Å². The van der Waals surface area contributed by atoms with Gasteiger partial charge < -0.3 is 24.8 Å². The van der Waals surface area contributed by atoms with Crippen LogP contribution in [0.1, 0.15) is 89.3 Å². The Kier molecular flexibility index (Phi) is 10.4. The lowest BCUT2D eigenvalue weighted by molar-refractivity contribution is -0.122. The number of imidazole rings is 1. The Labute approximate surface area is 262 Å². The van der Waals surface area contributed by atoms with E-state index in [2.05, 4.69) is 10.3 Å². The van der Waals surface area contributed by atoms with Crippen molar-refractivity contribution in [1.82, 2.24) is 24.8 Å². The van der Waals surface area contributed by atoms with Gasteiger partial charge >= 0.3 is 0 Å². The van der Waals surface area contributed by atoms with E-state index in [9.17, 15) is 18.7 Å². The Morgan fingerprint density at radius 1 is 1.00 bits per heavy atom. The molecule has 10 nitrogen and oxygen atoms in total. The predicted molar refractivity (Wildman–Crippen MR) is 166 cm³/mol. The van der Waals surface area contributed by atoms with Gasteiger partial charge in [0.2, 0.25) is 17.7 Å². The monoisotopic (exact) mass is 626 g/mol. The summed E-state index contributed by atoms with van der Waals surface area (Å²) < 4.78 is 41.6. The van der Waals surface area contributed by atoms with Crippen LogP contribution < -0.4 is 15.0 Å². The molecule has 3 heterocycles. The fourth-order valence-electron chi connectivity index (χ4n) is 6.86. The van der Waals surface area contributed by atoms with Gasteiger partial charge in [0.1, 0.15) is 11.9 Å². The van der Waals surface area contributed by atoms with Crippen molar-refractivity contribution >= 4 is 22.9 Å². The number of rotatable bonds is 11. The van der Waals surface area contributed by atoms with Gasteiger partial charge in [-0.1, -0.05) is 25.0 Å². The first kappa shape index (κ1) is 31.6. The molecule has 244 valence electrons. The minimum absolute atomic E-state index is 0.108. The van der Waals surface area contributed by atoms with Gasteiger partial charge in [-0.25, -0.2) is 13.8 Å². The molecule has 2 aromatic heterocycles. The number of para-hydroxylation sites is 2. The van der Waals surface area contributed by atoms with E-state index in [1.807, 2.05) is 4.90 Å². The summed E-state index contributed by atoms with van der Waals surface area (Å²) in [5.74, 6) is 1.45. The minimum Gasteiger partial charge on any atom is -0.474 e. The zero-order valence-electron chi connectivity index (χ0n) is 25.8. The Morgan fingerprint density at radius 3 is 2.51 bits per heavy atom. The predicted octanol–water partition coefficient (Wildman–Crippen LogP) is 5.51. The van der Waals surface area contributed by atoms with Gasteiger partial charge in [-0.2, -0.15) is 9.97 Å². The highest BCUT2D eigenvalue weighted by Gasteiger charge is 2.27. The van der Waals surface area contributed by atoms with Crippen LogP contribution in [0, 0.1) is 5.92 Å². The number of halogens is 2. The second-order valence-electron chi connectivity index (χ2n) is 12.6. The van der Waals surface area contributed by atoms with Crippen molar-refractivity contribution in [2.75, 3.05) is 31.2 Å². The number of carbonyl (C=O) groups is 1. The van der Waals surface area contributed by atoms with Crippen LogP contribution in [-0.2, 0) is 9.53 Å². The molecule has 12 heteroatoms. The van der Waals surface area contributed by atoms with Crippen molar-refractivity contribution in [1.29, 1.82) is 0 Å². The number of carbonyl (C=O) groups excluding carboxylic acids is 1. The molecule has 1 amide bonds. The number of fused-ring (bicyclic) bond motifs is 1. The van der Waals surface area contributed by atoms with Crippen molar-refractivity contribution in [2.45, 2.75) is 102 Å². The van der Waals surface area contributed by atoms with Crippen molar-refractivity contribution in [2.24, 2.45) is 5.92 Å². The SMILES string of the molecule is O=C(CCCC[C@H]1CC[C@@H](O)CC1)N[C@H]1CC[C@H](Oc2cc(-n3c(C(F)F)nc4ccccc43)nc(N3CCOCC3)n2)CC1. The third kappa shape index (κ3) is 8.07. The van der Waals surface area contributed by atoms with Crippen LogP contribution in [0.25, 0.3) is 16.9 Å². The van der Waals surface area contributed by atoms with Crippen LogP contribution >= 0.6 is 0 Å². The summed E-state index contributed by atoms with van der Waals surface area (Å²) in [6.07, 6.45) is 7.73. The molecule has 3 fully saturated rings. The number of hydrogen-bond acceptors (Lipinski definition) is 8. The van der Waals surface area contributed by atoms with Gasteiger partial charge in [0.25, 0.3) is 6.43 Å². The standard InChI is InChI=1S/C33H44F2N6O4/c34-31(35)32-37-26-6-2-3-7-27(26)41(32)28-21-30(39-33(38-28)40-17-19-44-20-18-40)45-25-15-11-23(12-16-25)36-29(43)8-4-1-5-22-9-13-24(42)14-10-22/h2-3,6-7,21-25,31,42H,1,4-5,8-20H2,(H,36,43)/t22-,23-,24+,25-. The highest BCUT2D eigenvalue weighted by Crippen LogP contribution is 2.31. The number of aliphatic hydroxyl groups is 1. The number of nitrogens with one attached hydrogen (secondary N) is 1. The van der Waals surface area contributed by atoms with Crippen molar-refractivity contribution < 1.29 is 28.2 Å². The first-order valence-electron chi connectivity index (χ1n) is 16.5. The van der Waals surface area contributed by atoms with E-state index in [1.54, 1.807) is 30.3 Å².